The summed E-state index contributed by atoms with van der Waals surface area (Å²) in [5.74, 6) is 1.51. The van der Waals surface area contributed by atoms with E-state index in [1.165, 1.54) is 0 Å². The summed E-state index contributed by atoms with van der Waals surface area (Å²) in [5.41, 5.74) is 2.41. The SMILES string of the molecule is CC1(CO)NC(=O)c2c3c(n(-c4cc(C#N)ccn4)[n+]21)C1CC1C3. The molecule has 0 bridgehead atoms. The Kier molecular flexibility index (Phi) is 2.41. The highest BCUT2D eigenvalue weighted by molar-refractivity contribution is 5.94. The number of fused-ring (bicyclic) bond motifs is 5. The zero-order chi connectivity index (χ0) is 16.6. The minimum atomic E-state index is -0.911. The van der Waals surface area contributed by atoms with Crippen LogP contribution in [0, 0.1) is 17.2 Å². The van der Waals surface area contributed by atoms with E-state index in [0.29, 0.717) is 28.9 Å². The molecule has 3 atom stereocenters. The van der Waals surface area contributed by atoms with E-state index in [4.69, 9.17) is 0 Å². The van der Waals surface area contributed by atoms with Crippen molar-refractivity contribution < 1.29 is 14.6 Å². The summed E-state index contributed by atoms with van der Waals surface area (Å²) in [6, 6.07) is 5.52. The molecule has 0 aromatic carbocycles. The molecule has 1 aliphatic heterocycles. The van der Waals surface area contributed by atoms with Crippen molar-refractivity contribution in [1.82, 2.24) is 15.0 Å². The van der Waals surface area contributed by atoms with E-state index in [0.717, 1.165) is 24.1 Å². The number of nitrogens with one attached hydrogen (secondary N) is 1. The van der Waals surface area contributed by atoms with Gasteiger partial charge in [0.1, 0.15) is 6.61 Å². The Morgan fingerprint density at radius 3 is 3.21 bits per heavy atom. The van der Waals surface area contributed by atoms with Crippen LogP contribution in [0.4, 0.5) is 0 Å². The van der Waals surface area contributed by atoms with Gasteiger partial charge >= 0.3 is 11.6 Å². The van der Waals surface area contributed by atoms with Crippen LogP contribution in [0.25, 0.3) is 5.82 Å². The molecule has 24 heavy (non-hydrogen) atoms. The predicted molar refractivity (Wildman–Crippen MR) is 81.2 cm³/mol. The van der Waals surface area contributed by atoms with E-state index in [1.807, 2.05) is 9.36 Å². The number of nitriles is 1. The minimum absolute atomic E-state index is 0.153. The number of nitrogens with zero attached hydrogens (tertiary/aromatic N) is 4. The molecule has 2 aromatic rings. The first-order valence-electron chi connectivity index (χ1n) is 8.07. The predicted octanol–water partition coefficient (Wildman–Crippen LogP) is 0.0995. The average molecular weight is 322 g/mol. The molecule has 2 N–H and O–H groups in total. The Morgan fingerprint density at radius 2 is 2.46 bits per heavy atom. The van der Waals surface area contributed by atoms with Gasteiger partial charge in [0.25, 0.3) is 5.66 Å². The molecule has 0 saturated heterocycles. The van der Waals surface area contributed by atoms with Crippen LogP contribution in [0.2, 0.25) is 0 Å². The Labute approximate surface area is 138 Å². The zero-order valence-corrected chi connectivity index (χ0v) is 13.2. The second kappa shape index (κ2) is 4.22. The van der Waals surface area contributed by atoms with E-state index in [2.05, 4.69) is 16.4 Å². The first kappa shape index (κ1) is 13.7. The fraction of sp³-hybridized carbons (Fsp3) is 0.412. The Balaban J connectivity index is 1.85. The summed E-state index contributed by atoms with van der Waals surface area (Å²) in [6.07, 6.45) is 3.63. The van der Waals surface area contributed by atoms with Crippen molar-refractivity contribution in [3.8, 4) is 11.9 Å². The van der Waals surface area contributed by atoms with E-state index >= 15 is 0 Å². The van der Waals surface area contributed by atoms with Crippen molar-refractivity contribution in [2.24, 2.45) is 5.92 Å². The maximum Gasteiger partial charge on any atom is 0.324 e. The molecule has 1 saturated carbocycles. The third-order valence-electron chi connectivity index (χ3n) is 5.44. The van der Waals surface area contributed by atoms with Crippen molar-refractivity contribution in [3.05, 3.63) is 40.8 Å². The van der Waals surface area contributed by atoms with Gasteiger partial charge in [-0.1, -0.05) is 4.68 Å². The maximum atomic E-state index is 12.6. The van der Waals surface area contributed by atoms with Crippen molar-refractivity contribution >= 4 is 5.91 Å². The van der Waals surface area contributed by atoms with Crippen molar-refractivity contribution in [3.63, 3.8) is 0 Å². The van der Waals surface area contributed by atoms with E-state index in [-0.39, 0.29) is 12.5 Å². The number of hydrogen-bond acceptors (Lipinski definition) is 4. The molecule has 1 amide bonds. The third kappa shape index (κ3) is 1.51. The number of rotatable bonds is 2. The van der Waals surface area contributed by atoms with Crippen LogP contribution in [0.3, 0.4) is 0 Å². The molecule has 120 valence electrons. The quantitative estimate of drug-likeness (QED) is 0.767. The first-order chi connectivity index (χ1) is 11.6. The lowest BCUT2D eigenvalue weighted by Crippen LogP contribution is -2.64. The number of hydrogen-bond donors (Lipinski definition) is 2. The maximum absolute atomic E-state index is 12.6. The monoisotopic (exact) mass is 322 g/mol. The Morgan fingerprint density at radius 1 is 1.62 bits per heavy atom. The highest BCUT2D eigenvalue weighted by Gasteiger charge is 2.61. The fourth-order valence-electron chi connectivity index (χ4n) is 4.23. The molecular formula is C17H16N5O2+. The summed E-state index contributed by atoms with van der Waals surface area (Å²) in [7, 11) is 0. The molecule has 3 aliphatic rings. The van der Waals surface area contributed by atoms with E-state index < -0.39 is 5.66 Å². The summed E-state index contributed by atoms with van der Waals surface area (Å²) >= 11 is 0. The van der Waals surface area contributed by atoms with Gasteiger partial charge < -0.3 is 5.11 Å². The number of pyridine rings is 1. The number of aliphatic hydroxyl groups is 1. The highest BCUT2D eigenvalue weighted by Crippen LogP contribution is 2.57. The van der Waals surface area contributed by atoms with E-state index in [9.17, 15) is 15.2 Å². The molecule has 7 nitrogen and oxygen atoms in total. The lowest BCUT2D eigenvalue weighted by Gasteiger charge is -2.18. The van der Waals surface area contributed by atoms with Gasteiger partial charge in [-0.05, 0) is 24.8 Å². The second-order valence-corrected chi connectivity index (χ2v) is 7.04. The van der Waals surface area contributed by atoms with Crippen LogP contribution in [-0.4, -0.2) is 27.3 Å². The van der Waals surface area contributed by atoms with Gasteiger partial charge in [-0.15, -0.1) is 4.68 Å². The van der Waals surface area contributed by atoms with Crippen LogP contribution < -0.4 is 10.00 Å². The van der Waals surface area contributed by atoms with Crippen LogP contribution in [0.15, 0.2) is 18.3 Å². The van der Waals surface area contributed by atoms with Crippen LogP contribution in [-0.2, 0) is 12.1 Å². The number of aromatic nitrogens is 3. The highest BCUT2D eigenvalue weighted by atomic mass is 16.3. The summed E-state index contributed by atoms with van der Waals surface area (Å²) < 4.78 is 3.77. The molecule has 3 unspecified atom stereocenters. The van der Waals surface area contributed by atoms with Crippen molar-refractivity contribution in [2.45, 2.75) is 31.3 Å². The first-order valence-corrected chi connectivity index (χ1v) is 8.07. The minimum Gasteiger partial charge on any atom is -0.387 e. The normalized spacial score (nSPS) is 28.8. The molecule has 2 aromatic heterocycles. The number of aliphatic hydroxyl groups excluding tert-OH is 1. The smallest absolute Gasteiger partial charge is 0.324 e. The van der Waals surface area contributed by atoms with Gasteiger partial charge in [0, 0.05) is 25.1 Å². The molecule has 3 heterocycles. The number of carbonyl (C=O) groups is 1. The molecule has 2 aliphatic carbocycles. The Hall–Kier alpha value is -2.72. The van der Waals surface area contributed by atoms with Crippen LogP contribution >= 0.6 is 0 Å². The van der Waals surface area contributed by atoms with Crippen molar-refractivity contribution in [2.75, 3.05) is 6.61 Å². The molecule has 7 heteroatoms. The van der Waals surface area contributed by atoms with Crippen LogP contribution in [0.5, 0.6) is 0 Å². The zero-order valence-electron chi connectivity index (χ0n) is 13.2. The molecule has 0 spiro atoms. The Bertz CT molecular complexity index is 957. The summed E-state index contributed by atoms with van der Waals surface area (Å²) in [4.78, 5) is 17.0. The number of carbonyl (C=O) groups excluding carboxylic acids is 1. The van der Waals surface area contributed by atoms with Gasteiger partial charge in [0.2, 0.25) is 0 Å². The molecule has 0 radical (unpaired) electrons. The lowest BCUT2D eigenvalue weighted by molar-refractivity contribution is -0.822. The summed E-state index contributed by atoms with van der Waals surface area (Å²) in [6.45, 7) is 1.58. The van der Waals surface area contributed by atoms with Crippen molar-refractivity contribution in [1.29, 1.82) is 5.26 Å². The second-order valence-electron chi connectivity index (χ2n) is 7.04. The van der Waals surface area contributed by atoms with Gasteiger partial charge in [-0.3, -0.25) is 10.1 Å². The van der Waals surface area contributed by atoms with Gasteiger partial charge in [0.05, 0.1) is 22.9 Å². The standard InChI is InChI=1S/C17H15N5O2/c1-17(8-23)20-16(24)15-12-6-10-5-11(10)14(12)21(22(15)17)13-4-9(7-18)2-3-19-13/h2-4,10-11,23H,5-6,8H2,1H3/p+1. The molecular weight excluding hydrogens is 306 g/mol. The third-order valence-corrected chi connectivity index (χ3v) is 5.44. The van der Waals surface area contributed by atoms with Gasteiger partial charge in [-0.2, -0.15) is 5.26 Å². The largest absolute Gasteiger partial charge is 0.387 e. The van der Waals surface area contributed by atoms with Crippen LogP contribution in [0.1, 0.15) is 46.6 Å². The fourth-order valence-corrected chi connectivity index (χ4v) is 4.23. The molecule has 5 rings (SSSR count). The lowest BCUT2D eigenvalue weighted by atomic mass is 10.1. The van der Waals surface area contributed by atoms with Gasteiger partial charge in [0.15, 0.2) is 5.82 Å². The average Bonchev–Trinajstić information content (AvgIpc) is 3.00. The van der Waals surface area contributed by atoms with E-state index in [1.54, 1.807) is 25.3 Å². The summed E-state index contributed by atoms with van der Waals surface area (Å²) in [5, 5.41) is 22.0. The van der Waals surface area contributed by atoms with Gasteiger partial charge in [-0.25, -0.2) is 4.98 Å². The number of amides is 1. The molecule has 1 fully saturated rings. The topological polar surface area (TPSA) is 94.8 Å².